The van der Waals surface area contributed by atoms with Gasteiger partial charge in [0.25, 0.3) is 11.8 Å². The fourth-order valence-electron chi connectivity index (χ4n) is 2.64. The smallest absolute Gasteiger partial charge is 0.417 e. The van der Waals surface area contributed by atoms with Crippen molar-refractivity contribution in [1.29, 1.82) is 0 Å². The normalized spacial score (nSPS) is 17.1. The highest BCUT2D eigenvalue weighted by Gasteiger charge is 2.47. The maximum absolute atomic E-state index is 14.3. The van der Waals surface area contributed by atoms with Gasteiger partial charge in [0.15, 0.2) is 5.82 Å². The van der Waals surface area contributed by atoms with Gasteiger partial charge in [0.05, 0.1) is 5.70 Å². The first-order valence-corrected chi connectivity index (χ1v) is 8.30. The largest absolute Gasteiger partial charge is 0.472 e. The maximum Gasteiger partial charge on any atom is 0.417 e. The minimum Gasteiger partial charge on any atom is -0.472 e. The Morgan fingerprint density at radius 3 is 2.62 bits per heavy atom. The molecule has 0 bridgehead atoms. The first-order chi connectivity index (χ1) is 13.6. The number of alkyl halides is 4. The van der Waals surface area contributed by atoms with Crippen molar-refractivity contribution >= 4 is 18.6 Å². The van der Waals surface area contributed by atoms with Crippen molar-refractivity contribution in [2.75, 3.05) is 7.11 Å². The number of hydrogen-bond donors (Lipinski definition) is 0. The molecular formula is C17H16F5N5O2. The molecule has 0 amide bonds. The van der Waals surface area contributed by atoms with Crippen LogP contribution in [0.15, 0.2) is 17.3 Å². The van der Waals surface area contributed by atoms with Gasteiger partial charge < -0.3 is 9.47 Å². The van der Waals surface area contributed by atoms with Crippen LogP contribution in [0.2, 0.25) is 0 Å². The van der Waals surface area contributed by atoms with Crippen molar-refractivity contribution in [2.45, 2.75) is 37.9 Å². The van der Waals surface area contributed by atoms with Crippen LogP contribution in [0.4, 0.5) is 22.0 Å². The predicted octanol–water partition coefficient (Wildman–Crippen LogP) is 3.65. The number of hydrogen-bond acceptors (Lipinski definition) is 6. The summed E-state index contributed by atoms with van der Waals surface area (Å²) >= 11 is 0. The summed E-state index contributed by atoms with van der Waals surface area (Å²) in [6.45, 7) is 4.76. The summed E-state index contributed by atoms with van der Waals surface area (Å²) in [5, 5.41) is 6.97. The zero-order valence-electron chi connectivity index (χ0n) is 15.4. The summed E-state index contributed by atoms with van der Waals surface area (Å²) in [5.41, 5.74) is 0.0674. The molecule has 2 aromatic heterocycles. The Labute approximate surface area is 161 Å². The van der Waals surface area contributed by atoms with E-state index in [1.807, 2.05) is 0 Å². The van der Waals surface area contributed by atoms with E-state index in [1.165, 1.54) is 6.92 Å². The molecule has 0 aliphatic heterocycles. The van der Waals surface area contributed by atoms with Crippen LogP contribution in [-0.2, 0) is 10.8 Å². The van der Waals surface area contributed by atoms with E-state index in [-0.39, 0.29) is 17.1 Å². The molecular weight excluding hydrogens is 401 g/mol. The van der Waals surface area contributed by atoms with Crippen LogP contribution in [0.25, 0.3) is 11.9 Å². The van der Waals surface area contributed by atoms with Crippen molar-refractivity contribution in [3.63, 3.8) is 0 Å². The minimum absolute atomic E-state index is 0.0193. The van der Waals surface area contributed by atoms with Gasteiger partial charge in [0.1, 0.15) is 11.9 Å². The van der Waals surface area contributed by atoms with Crippen LogP contribution in [-0.4, -0.2) is 45.6 Å². The number of nitrogens with zero attached hydrogens (tertiary/aromatic N) is 5. The molecule has 1 aliphatic rings. The van der Waals surface area contributed by atoms with Crippen LogP contribution >= 0.6 is 0 Å². The lowest BCUT2D eigenvalue weighted by atomic mass is 9.91. The summed E-state index contributed by atoms with van der Waals surface area (Å²) in [7, 11) is 0.806. The van der Waals surface area contributed by atoms with Gasteiger partial charge in [-0.3, -0.25) is 9.56 Å². The predicted molar refractivity (Wildman–Crippen MR) is 92.2 cm³/mol. The van der Waals surface area contributed by atoms with Crippen LogP contribution in [0, 0.1) is 12.7 Å². The number of ether oxygens (including phenoxy) is 2. The molecule has 0 radical (unpaired) electrons. The highest BCUT2D eigenvalue weighted by Crippen LogP contribution is 2.40. The van der Waals surface area contributed by atoms with Gasteiger partial charge in [0, 0.05) is 37.9 Å². The molecule has 0 N–H and O–H groups in total. The van der Waals surface area contributed by atoms with Gasteiger partial charge in [-0.2, -0.15) is 8.78 Å². The van der Waals surface area contributed by atoms with E-state index in [2.05, 4.69) is 31.6 Å². The molecule has 3 rings (SSSR count). The third-order valence-corrected chi connectivity index (χ3v) is 4.24. The second-order valence-corrected chi connectivity index (χ2v) is 6.35. The molecule has 12 heteroatoms. The lowest BCUT2D eigenvalue weighted by Crippen LogP contribution is -2.43. The SMILES string of the molecule is C=N/C(=C\n1c(C)nnc1C(F)(F)OC)c1cnc(OC2CC(F)(F)C2)c(F)c1. The van der Waals surface area contributed by atoms with E-state index in [4.69, 9.17) is 4.74 Å². The number of methoxy groups -OCH3 is 1. The van der Waals surface area contributed by atoms with Crippen LogP contribution in [0.3, 0.4) is 0 Å². The molecule has 1 aliphatic carbocycles. The number of pyridine rings is 1. The van der Waals surface area contributed by atoms with Gasteiger partial charge in [-0.1, -0.05) is 0 Å². The highest BCUT2D eigenvalue weighted by molar-refractivity contribution is 5.77. The van der Waals surface area contributed by atoms with E-state index in [0.717, 1.165) is 30.1 Å². The Balaban J connectivity index is 1.89. The topological polar surface area (TPSA) is 74.4 Å². The molecule has 2 aromatic rings. The molecule has 0 aromatic carbocycles. The number of aryl methyl sites for hydroxylation is 1. The summed E-state index contributed by atoms with van der Waals surface area (Å²) in [6, 6.07) is 0.980. The molecule has 0 atom stereocenters. The number of rotatable bonds is 7. The molecule has 1 saturated carbocycles. The molecule has 7 nitrogen and oxygen atoms in total. The zero-order valence-corrected chi connectivity index (χ0v) is 15.4. The first kappa shape index (κ1) is 20.8. The fourth-order valence-corrected chi connectivity index (χ4v) is 2.64. The minimum atomic E-state index is -3.73. The fraction of sp³-hybridized carbons (Fsp3) is 0.412. The third kappa shape index (κ3) is 4.26. The summed E-state index contributed by atoms with van der Waals surface area (Å²) < 4.78 is 78.0. The first-order valence-electron chi connectivity index (χ1n) is 8.30. The standard InChI is InChI=1S/C17H16F5N5O2/c1-9-25-26-15(17(21,22)28-3)27(9)8-13(23-2)10-4-12(18)14(24-7-10)29-11-5-16(19,20)6-11/h4,7-8,11H,2,5-6H2,1,3H3/b13-8-. The van der Waals surface area contributed by atoms with E-state index in [9.17, 15) is 22.0 Å². The summed E-state index contributed by atoms with van der Waals surface area (Å²) in [4.78, 5) is 7.48. The van der Waals surface area contributed by atoms with E-state index in [1.54, 1.807) is 0 Å². The molecule has 156 valence electrons. The molecule has 0 saturated heterocycles. The third-order valence-electron chi connectivity index (χ3n) is 4.24. The number of halogens is 5. The van der Waals surface area contributed by atoms with Crippen LogP contribution < -0.4 is 4.74 Å². The van der Waals surface area contributed by atoms with E-state index in [0.29, 0.717) is 0 Å². The average molecular weight is 417 g/mol. The molecule has 1 fully saturated rings. The Morgan fingerprint density at radius 2 is 2.07 bits per heavy atom. The van der Waals surface area contributed by atoms with E-state index >= 15 is 0 Å². The zero-order chi connectivity index (χ0) is 21.4. The molecule has 2 heterocycles. The van der Waals surface area contributed by atoms with Gasteiger partial charge in [-0.05, 0) is 19.7 Å². The number of aliphatic imine (C=N–C) groups is 1. The van der Waals surface area contributed by atoms with Crippen molar-refractivity contribution < 1.29 is 31.4 Å². The molecule has 0 spiro atoms. The molecule has 29 heavy (non-hydrogen) atoms. The van der Waals surface area contributed by atoms with Crippen LogP contribution in [0.1, 0.15) is 30.1 Å². The summed E-state index contributed by atoms with van der Waals surface area (Å²) in [6.07, 6.45) is -3.31. The highest BCUT2D eigenvalue weighted by atomic mass is 19.3. The van der Waals surface area contributed by atoms with Crippen molar-refractivity contribution in [2.24, 2.45) is 4.99 Å². The van der Waals surface area contributed by atoms with Gasteiger partial charge in [0.2, 0.25) is 5.82 Å². The Bertz CT molecular complexity index is 952. The van der Waals surface area contributed by atoms with Crippen LogP contribution in [0.5, 0.6) is 5.88 Å². The Hall–Kier alpha value is -2.89. The summed E-state index contributed by atoms with van der Waals surface area (Å²) in [5.74, 6) is -4.89. The van der Waals surface area contributed by atoms with Crippen molar-refractivity contribution in [1.82, 2.24) is 19.7 Å². The van der Waals surface area contributed by atoms with Gasteiger partial charge >= 0.3 is 6.11 Å². The van der Waals surface area contributed by atoms with Crippen molar-refractivity contribution in [3.05, 3.63) is 35.3 Å². The Kier molecular flexibility index (Phi) is 5.39. The maximum atomic E-state index is 14.3. The number of aromatic nitrogens is 4. The monoisotopic (exact) mass is 417 g/mol. The van der Waals surface area contributed by atoms with E-state index < -0.39 is 48.5 Å². The average Bonchev–Trinajstić information content (AvgIpc) is 3.01. The van der Waals surface area contributed by atoms with Gasteiger partial charge in [-0.25, -0.2) is 18.2 Å². The molecule has 0 unspecified atom stereocenters. The quantitative estimate of drug-likeness (QED) is 0.508. The van der Waals surface area contributed by atoms with Crippen molar-refractivity contribution in [3.8, 4) is 5.88 Å². The van der Waals surface area contributed by atoms with Gasteiger partial charge in [-0.15, -0.1) is 10.2 Å². The lowest BCUT2D eigenvalue weighted by molar-refractivity contribution is -0.238. The second-order valence-electron chi connectivity index (χ2n) is 6.35. The second kappa shape index (κ2) is 7.50. The lowest BCUT2D eigenvalue weighted by Gasteiger charge is -2.34. The Morgan fingerprint density at radius 1 is 1.38 bits per heavy atom.